The number of H-pyrrole nitrogens is 1. The first-order valence-electron chi connectivity index (χ1n) is 11.0. The van der Waals surface area contributed by atoms with Crippen molar-refractivity contribution in [1.82, 2.24) is 14.9 Å². The van der Waals surface area contributed by atoms with Crippen molar-refractivity contribution in [2.24, 2.45) is 0 Å². The second kappa shape index (κ2) is 9.61. The molecule has 3 aromatic rings. The molecule has 0 spiro atoms. The van der Waals surface area contributed by atoms with E-state index in [0.717, 1.165) is 5.56 Å². The van der Waals surface area contributed by atoms with E-state index in [9.17, 15) is 9.59 Å². The molecule has 6 nitrogen and oxygen atoms in total. The number of para-hydroxylation sites is 1. The van der Waals surface area contributed by atoms with Gasteiger partial charge in [0.15, 0.2) is 5.67 Å². The summed E-state index contributed by atoms with van der Waals surface area (Å²) in [5.74, 6) is 0.101. The maximum Gasteiger partial charge on any atom is 0.305 e. The number of aromatic amines is 1. The molecule has 2 heterocycles. The summed E-state index contributed by atoms with van der Waals surface area (Å²) in [4.78, 5) is 33.5. The largest absolute Gasteiger partial charge is 0.462 e. The fraction of sp³-hybridized carbons (Fsp3) is 0.400. The molecule has 1 aromatic heterocycles. The summed E-state index contributed by atoms with van der Waals surface area (Å²) in [7, 11) is 0. The number of benzene rings is 2. The minimum Gasteiger partial charge on any atom is -0.462 e. The fourth-order valence-corrected chi connectivity index (χ4v) is 4.19. The molecule has 1 saturated heterocycles. The van der Waals surface area contributed by atoms with Crippen LogP contribution in [0.15, 0.2) is 59.4 Å². The zero-order valence-electron chi connectivity index (χ0n) is 18.2. The van der Waals surface area contributed by atoms with Crippen LogP contribution in [0.4, 0.5) is 4.39 Å². The topological polar surface area (TPSA) is 75.3 Å². The van der Waals surface area contributed by atoms with Gasteiger partial charge in [0.25, 0.3) is 5.56 Å². The van der Waals surface area contributed by atoms with Gasteiger partial charge in [-0.1, -0.05) is 42.5 Å². The molecule has 0 radical (unpaired) electrons. The summed E-state index contributed by atoms with van der Waals surface area (Å²) >= 11 is 0. The maximum absolute atomic E-state index is 15.2. The molecule has 2 aromatic carbocycles. The quantitative estimate of drug-likeness (QED) is 0.540. The van der Waals surface area contributed by atoms with Gasteiger partial charge in [0.1, 0.15) is 12.4 Å². The molecule has 1 unspecified atom stereocenters. The number of carbonyl (C=O) groups is 1. The second-order valence-electron chi connectivity index (χ2n) is 8.50. The molecule has 0 bridgehead atoms. The van der Waals surface area contributed by atoms with E-state index < -0.39 is 11.6 Å². The van der Waals surface area contributed by atoms with E-state index in [1.807, 2.05) is 36.4 Å². The highest BCUT2D eigenvalue weighted by atomic mass is 19.1. The Morgan fingerprint density at radius 1 is 1.22 bits per heavy atom. The number of halogens is 1. The van der Waals surface area contributed by atoms with Crippen molar-refractivity contribution in [3.05, 3.63) is 76.3 Å². The summed E-state index contributed by atoms with van der Waals surface area (Å²) < 4.78 is 20.5. The van der Waals surface area contributed by atoms with Crippen molar-refractivity contribution in [3.63, 3.8) is 0 Å². The van der Waals surface area contributed by atoms with Gasteiger partial charge in [-0.25, -0.2) is 9.37 Å². The highest BCUT2D eigenvalue weighted by molar-refractivity contribution is 5.77. The van der Waals surface area contributed by atoms with Gasteiger partial charge in [-0.15, -0.1) is 0 Å². The predicted molar refractivity (Wildman–Crippen MR) is 121 cm³/mol. The zero-order chi connectivity index (χ0) is 22.6. The predicted octanol–water partition coefficient (Wildman–Crippen LogP) is 3.96. The first-order valence-corrected chi connectivity index (χ1v) is 11.0. The number of aromatic nitrogens is 2. The number of hydrogen-bond donors (Lipinski definition) is 1. The van der Waals surface area contributed by atoms with Crippen LogP contribution in [0, 0.1) is 0 Å². The van der Waals surface area contributed by atoms with Gasteiger partial charge in [-0.2, -0.15) is 0 Å². The van der Waals surface area contributed by atoms with Gasteiger partial charge in [0, 0.05) is 32.0 Å². The summed E-state index contributed by atoms with van der Waals surface area (Å²) in [5, 5.41) is 0.538. The molecule has 0 amide bonds. The Kier molecular flexibility index (Phi) is 6.65. The molecular formula is C25H28FN3O3. The number of rotatable bonds is 8. The number of ether oxygens (including phenoxy) is 1. The SMILES string of the molecule is C[C@H](c1ccccc1)N1CCC(F)(COC(=O)CCCc2nc3ccccc3c(=O)[nH]2)C1. The van der Waals surface area contributed by atoms with Gasteiger partial charge in [0.05, 0.1) is 10.9 Å². The molecule has 1 aliphatic rings. The number of hydrogen-bond acceptors (Lipinski definition) is 5. The van der Waals surface area contributed by atoms with E-state index in [2.05, 4.69) is 21.8 Å². The molecule has 4 rings (SSSR count). The van der Waals surface area contributed by atoms with Crippen LogP contribution in [0.1, 0.15) is 43.6 Å². The number of likely N-dealkylation sites (tertiary alicyclic amines) is 1. The average molecular weight is 438 g/mol. The van der Waals surface area contributed by atoms with Gasteiger partial charge in [-0.3, -0.25) is 14.5 Å². The Balaban J connectivity index is 1.23. The smallest absolute Gasteiger partial charge is 0.305 e. The van der Waals surface area contributed by atoms with Crippen LogP contribution < -0.4 is 5.56 Å². The Bertz CT molecular complexity index is 1130. The number of nitrogens with zero attached hydrogens (tertiary/aromatic N) is 2. The van der Waals surface area contributed by atoms with Gasteiger partial charge < -0.3 is 9.72 Å². The van der Waals surface area contributed by atoms with Crippen LogP contribution in [0.2, 0.25) is 0 Å². The summed E-state index contributed by atoms with van der Waals surface area (Å²) in [5.41, 5.74) is 0.0602. The van der Waals surface area contributed by atoms with Crippen LogP contribution in [0.3, 0.4) is 0 Å². The highest BCUT2D eigenvalue weighted by Gasteiger charge is 2.41. The Labute approximate surface area is 186 Å². The summed E-state index contributed by atoms with van der Waals surface area (Å²) in [6, 6.07) is 17.2. The summed E-state index contributed by atoms with van der Waals surface area (Å²) in [6.07, 6.45) is 1.41. The number of fused-ring (bicyclic) bond motifs is 1. The molecule has 7 heteroatoms. The van der Waals surface area contributed by atoms with Crippen LogP contribution in [0.5, 0.6) is 0 Å². The van der Waals surface area contributed by atoms with Crippen molar-refractivity contribution in [3.8, 4) is 0 Å². The third-order valence-corrected chi connectivity index (χ3v) is 6.11. The Morgan fingerprint density at radius 3 is 2.78 bits per heavy atom. The number of aryl methyl sites for hydroxylation is 1. The van der Waals surface area contributed by atoms with Crippen molar-refractivity contribution in [1.29, 1.82) is 0 Å². The molecule has 0 saturated carbocycles. The van der Waals surface area contributed by atoms with Gasteiger partial charge >= 0.3 is 5.97 Å². The molecule has 1 fully saturated rings. The van der Waals surface area contributed by atoms with E-state index in [0.29, 0.717) is 42.5 Å². The molecule has 1 N–H and O–H groups in total. The molecule has 32 heavy (non-hydrogen) atoms. The number of alkyl halides is 1. The van der Waals surface area contributed by atoms with E-state index in [4.69, 9.17) is 4.74 Å². The summed E-state index contributed by atoms with van der Waals surface area (Å²) in [6.45, 7) is 2.72. The van der Waals surface area contributed by atoms with Crippen molar-refractivity contribution >= 4 is 16.9 Å². The first-order chi connectivity index (χ1) is 15.4. The van der Waals surface area contributed by atoms with Gasteiger partial charge in [0.2, 0.25) is 0 Å². The van der Waals surface area contributed by atoms with Crippen LogP contribution in [-0.4, -0.2) is 46.2 Å². The molecule has 1 aliphatic heterocycles. The van der Waals surface area contributed by atoms with Crippen molar-refractivity contribution in [2.75, 3.05) is 19.7 Å². The fourth-order valence-electron chi connectivity index (χ4n) is 4.19. The minimum absolute atomic E-state index is 0.112. The van der Waals surface area contributed by atoms with Crippen molar-refractivity contribution in [2.45, 2.75) is 44.3 Å². The van der Waals surface area contributed by atoms with Crippen molar-refractivity contribution < 1.29 is 13.9 Å². The van der Waals surface area contributed by atoms with Gasteiger partial charge in [-0.05, 0) is 37.5 Å². The molecular weight excluding hydrogens is 409 g/mol. The Hall–Kier alpha value is -3.06. The normalized spacial score (nSPS) is 19.8. The lowest BCUT2D eigenvalue weighted by atomic mass is 10.1. The standard InChI is InChI=1S/C25H28FN3O3/c1-18(19-8-3-2-4-9-19)29-15-14-25(26,16-29)17-32-23(30)13-7-12-22-27-21-11-6-5-10-20(21)24(31)28-22/h2-6,8-11,18H,7,12-17H2,1H3,(H,27,28,31)/t18-,25?/m1/s1. The zero-order valence-corrected chi connectivity index (χ0v) is 18.2. The van der Waals surface area contributed by atoms with Crippen LogP contribution in [-0.2, 0) is 16.0 Å². The second-order valence-corrected chi connectivity index (χ2v) is 8.50. The third-order valence-electron chi connectivity index (χ3n) is 6.11. The van der Waals surface area contributed by atoms with E-state index in [-0.39, 0.29) is 31.2 Å². The molecule has 168 valence electrons. The van der Waals surface area contributed by atoms with E-state index >= 15 is 4.39 Å². The third kappa shape index (κ3) is 5.22. The first kappa shape index (κ1) is 22.1. The minimum atomic E-state index is -1.52. The lowest BCUT2D eigenvalue weighted by Gasteiger charge is -2.26. The lowest BCUT2D eigenvalue weighted by Crippen LogP contribution is -2.35. The van der Waals surface area contributed by atoms with Crippen LogP contribution in [0.25, 0.3) is 10.9 Å². The lowest BCUT2D eigenvalue weighted by molar-refractivity contribution is -0.148. The van der Waals surface area contributed by atoms with E-state index in [1.165, 1.54) is 0 Å². The maximum atomic E-state index is 15.2. The van der Waals surface area contributed by atoms with E-state index in [1.54, 1.807) is 18.2 Å². The monoisotopic (exact) mass is 437 g/mol. The number of nitrogens with one attached hydrogen (secondary N) is 1. The molecule has 0 aliphatic carbocycles. The number of carbonyl (C=O) groups excluding carboxylic acids is 1. The molecule has 2 atom stereocenters. The average Bonchev–Trinajstić information content (AvgIpc) is 3.20. The van der Waals surface area contributed by atoms with Crippen LogP contribution >= 0.6 is 0 Å². The highest BCUT2D eigenvalue weighted by Crippen LogP contribution is 2.32. The number of esters is 1. The Morgan fingerprint density at radius 2 is 1.97 bits per heavy atom.